The summed E-state index contributed by atoms with van der Waals surface area (Å²) in [7, 11) is 5.64. The molecule has 0 aromatic heterocycles. The van der Waals surface area contributed by atoms with Gasteiger partial charge in [0.15, 0.2) is 0 Å². The number of nitrogens with zero attached hydrogens (tertiary/aromatic N) is 2. The molecule has 1 unspecified atom stereocenters. The molecule has 6 nitrogen and oxygen atoms in total. The zero-order chi connectivity index (χ0) is 14.9. The zero-order valence-corrected chi connectivity index (χ0v) is 12.2. The highest BCUT2D eigenvalue weighted by Crippen LogP contribution is 2.66. The summed E-state index contributed by atoms with van der Waals surface area (Å²) < 4.78 is 21.7. The predicted molar refractivity (Wildman–Crippen MR) is 65.5 cm³/mol. The Bertz CT molecular complexity index is 399. The molecule has 19 heavy (non-hydrogen) atoms. The number of hydrogen-bond donors (Lipinski definition) is 0. The monoisotopic (exact) mass is 268 g/mol. The minimum absolute atomic E-state index is 0.0300. The van der Waals surface area contributed by atoms with E-state index in [1.165, 1.54) is 28.4 Å². The second-order valence-corrected chi connectivity index (χ2v) is 4.85. The summed E-state index contributed by atoms with van der Waals surface area (Å²) >= 11 is 0. The molecule has 0 bridgehead atoms. The van der Waals surface area contributed by atoms with Gasteiger partial charge in [-0.05, 0) is 5.92 Å². The molecule has 0 aromatic rings. The Morgan fingerprint density at radius 3 is 1.53 bits per heavy atom. The van der Waals surface area contributed by atoms with Crippen molar-refractivity contribution >= 4 is 0 Å². The molecule has 106 valence electrons. The summed E-state index contributed by atoms with van der Waals surface area (Å²) in [6.45, 7) is 3.80. The summed E-state index contributed by atoms with van der Waals surface area (Å²) in [5.74, 6) is -3.40. The van der Waals surface area contributed by atoms with E-state index >= 15 is 0 Å². The van der Waals surface area contributed by atoms with Gasteiger partial charge in [0.05, 0.1) is 18.1 Å². The number of rotatable bonds is 5. The van der Waals surface area contributed by atoms with Crippen molar-refractivity contribution < 1.29 is 18.9 Å². The maximum atomic E-state index is 9.53. The first-order valence-corrected chi connectivity index (χ1v) is 5.96. The summed E-state index contributed by atoms with van der Waals surface area (Å²) in [4.78, 5) is 0. The summed E-state index contributed by atoms with van der Waals surface area (Å²) in [6, 6.07) is 4.08. The molecule has 1 fully saturated rings. The minimum atomic E-state index is -1.58. The van der Waals surface area contributed by atoms with Gasteiger partial charge in [-0.1, -0.05) is 13.8 Å². The molecule has 0 N–H and O–H groups in total. The Kier molecular flexibility index (Phi) is 4.23. The fourth-order valence-electron chi connectivity index (χ4n) is 3.44. The first-order valence-electron chi connectivity index (χ1n) is 5.96. The highest BCUT2D eigenvalue weighted by molar-refractivity contribution is 5.37. The molecule has 0 aliphatic heterocycles. The molecule has 0 aromatic carbocycles. The minimum Gasteiger partial charge on any atom is -0.348 e. The van der Waals surface area contributed by atoms with Crippen molar-refractivity contribution in [2.45, 2.75) is 25.4 Å². The fourth-order valence-corrected chi connectivity index (χ4v) is 3.44. The van der Waals surface area contributed by atoms with Gasteiger partial charge in [0.1, 0.15) is 0 Å². The highest BCUT2D eigenvalue weighted by atomic mass is 16.8. The average Bonchev–Trinajstić information content (AvgIpc) is 2.41. The van der Waals surface area contributed by atoms with Crippen LogP contribution in [0.1, 0.15) is 13.8 Å². The van der Waals surface area contributed by atoms with Gasteiger partial charge in [-0.2, -0.15) is 10.5 Å². The average molecular weight is 268 g/mol. The SMILES string of the molecule is COC1(OC)C(C(C)C)C(C#N)(C#N)C1(OC)OC. The van der Waals surface area contributed by atoms with Crippen LogP contribution in [-0.2, 0) is 18.9 Å². The van der Waals surface area contributed by atoms with Crippen molar-refractivity contribution in [3.05, 3.63) is 0 Å². The predicted octanol–water partition coefficient (Wildman–Crippen LogP) is 1.28. The van der Waals surface area contributed by atoms with Gasteiger partial charge >= 0.3 is 0 Å². The van der Waals surface area contributed by atoms with Gasteiger partial charge < -0.3 is 18.9 Å². The molecule has 0 heterocycles. The van der Waals surface area contributed by atoms with E-state index in [-0.39, 0.29) is 5.92 Å². The maximum absolute atomic E-state index is 9.53. The first kappa shape index (κ1) is 15.9. The standard InChI is InChI=1S/C13H20N2O4/c1-9(2)10-11(7-14,8-15)13(18-5,19-6)12(10,16-3)17-4/h9-10H,1-6H3. The Morgan fingerprint density at radius 2 is 1.32 bits per heavy atom. The van der Waals surface area contributed by atoms with Gasteiger partial charge in [-0.15, -0.1) is 0 Å². The normalized spacial score (nSPS) is 26.3. The van der Waals surface area contributed by atoms with Crippen molar-refractivity contribution in [1.82, 2.24) is 0 Å². The maximum Gasteiger partial charge on any atom is 0.257 e. The Hall–Kier alpha value is -1.18. The van der Waals surface area contributed by atoms with Crippen LogP contribution < -0.4 is 0 Å². The van der Waals surface area contributed by atoms with Crippen LogP contribution in [0.2, 0.25) is 0 Å². The molecule has 0 spiro atoms. The van der Waals surface area contributed by atoms with E-state index < -0.39 is 22.9 Å². The van der Waals surface area contributed by atoms with Crippen molar-refractivity contribution in [2.75, 3.05) is 28.4 Å². The van der Waals surface area contributed by atoms with E-state index in [2.05, 4.69) is 0 Å². The highest BCUT2D eigenvalue weighted by Gasteiger charge is 2.86. The van der Waals surface area contributed by atoms with E-state index in [0.717, 1.165) is 0 Å². The van der Waals surface area contributed by atoms with Crippen molar-refractivity contribution in [3.63, 3.8) is 0 Å². The van der Waals surface area contributed by atoms with Crippen LogP contribution in [0.25, 0.3) is 0 Å². The summed E-state index contributed by atoms with van der Waals surface area (Å²) in [5, 5.41) is 19.1. The molecule has 1 saturated carbocycles. The second-order valence-electron chi connectivity index (χ2n) is 4.85. The number of nitriles is 2. The van der Waals surface area contributed by atoms with Crippen LogP contribution in [0, 0.1) is 39.9 Å². The molecule has 0 radical (unpaired) electrons. The van der Waals surface area contributed by atoms with Gasteiger partial charge in [0, 0.05) is 28.4 Å². The van der Waals surface area contributed by atoms with E-state index in [0.29, 0.717) is 0 Å². The van der Waals surface area contributed by atoms with Crippen molar-refractivity contribution in [2.24, 2.45) is 17.3 Å². The van der Waals surface area contributed by atoms with Crippen LogP contribution in [0.15, 0.2) is 0 Å². The molecule has 0 amide bonds. The Balaban J connectivity index is 3.57. The lowest BCUT2D eigenvalue weighted by molar-refractivity contribution is -0.503. The molecule has 6 heteroatoms. The van der Waals surface area contributed by atoms with Crippen LogP contribution >= 0.6 is 0 Å². The summed E-state index contributed by atoms with van der Waals surface area (Å²) in [6.07, 6.45) is 0. The lowest BCUT2D eigenvalue weighted by atomic mass is 9.48. The smallest absolute Gasteiger partial charge is 0.257 e. The third-order valence-electron chi connectivity index (χ3n) is 4.05. The molecular formula is C13H20N2O4. The number of methoxy groups -OCH3 is 4. The van der Waals surface area contributed by atoms with E-state index in [1.54, 1.807) is 0 Å². The van der Waals surface area contributed by atoms with Crippen LogP contribution in [-0.4, -0.2) is 40.0 Å². The van der Waals surface area contributed by atoms with Gasteiger partial charge in [0.2, 0.25) is 11.2 Å². The van der Waals surface area contributed by atoms with Crippen LogP contribution in [0.3, 0.4) is 0 Å². The molecule has 1 rings (SSSR count). The largest absolute Gasteiger partial charge is 0.348 e. The lowest BCUT2D eigenvalue weighted by Crippen LogP contribution is -2.84. The molecule has 1 atom stereocenters. The Morgan fingerprint density at radius 1 is 0.895 bits per heavy atom. The number of ether oxygens (including phenoxy) is 4. The first-order chi connectivity index (χ1) is 8.93. The third kappa shape index (κ3) is 1.43. The van der Waals surface area contributed by atoms with Crippen LogP contribution in [0.4, 0.5) is 0 Å². The number of hydrogen-bond acceptors (Lipinski definition) is 6. The Labute approximate surface area is 113 Å². The molecule has 1 aliphatic carbocycles. The quantitative estimate of drug-likeness (QED) is 0.698. The van der Waals surface area contributed by atoms with E-state index in [4.69, 9.17) is 18.9 Å². The van der Waals surface area contributed by atoms with Gasteiger partial charge in [-0.25, -0.2) is 0 Å². The second kappa shape index (κ2) is 5.07. The van der Waals surface area contributed by atoms with E-state index in [9.17, 15) is 10.5 Å². The summed E-state index contributed by atoms with van der Waals surface area (Å²) in [5.41, 5.74) is -1.49. The van der Waals surface area contributed by atoms with E-state index in [1.807, 2.05) is 26.0 Å². The molecule has 0 saturated heterocycles. The van der Waals surface area contributed by atoms with Gasteiger partial charge in [-0.3, -0.25) is 0 Å². The molecular weight excluding hydrogens is 248 g/mol. The van der Waals surface area contributed by atoms with Gasteiger partial charge in [0.25, 0.3) is 5.79 Å². The molecule has 1 aliphatic rings. The fraction of sp³-hybridized carbons (Fsp3) is 0.846. The lowest BCUT2D eigenvalue weighted by Gasteiger charge is -2.66. The zero-order valence-electron chi connectivity index (χ0n) is 12.2. The topological polar surface area (TPSA) is 84.5 Å². The van der Waals surface area contributed by atoms with Crippen molar-refractivity contribution in [1.29, 1.82) is 10.5 Å². The third-order valence-corrected chi connectivity index (χ3v) is 4.05. The van der Waals surface area contributed by atoms with Crippen LogP contribution in [0.5, 0.6) is 0 Å². The van der Waals surface area contributed by atoms with Crippen molar-refractivity contribution in [3.8, 4) is 12.1 Å².